The second kappa shape index (κ2) is 6.62. The Kier molecular flexibility index (Phi) is 4.16. The number of nitrogens with two attached hydrogens (primary N) is 1. The van der Waals surface area contributed by atoms with Gasteiger partial charge in [0.05, 0.1) is 11.6 Å². The monoisotopic (exact) mass is 351 g/mol. The van der Waals surface area contributed by atoms with Crippen LogP contribution < -0.4 is 11.1 Å². The smallest absolute Gasteiger partial charge is 0.226 e. The lowest BCUT2D eigenvalue weighted by Gasteiger charge is -2.16. The molecular weight excluding hydrogens is 330 g/mol. The van der Waals surface area contributed by atoms with E-state index in [1.165, 1.54) is 0 Å². The number of aryl methyl sites for hydroxylation is 1. The molecule has 26 heavy (non-hydrogen) atoms. The minimum Gasteiger partial charge on any atom is -0.383 e. The fourth-order valence-corrected chi connectivity index (χ4v) is 3.23. The van der Waals surface area contributed by atoms with Crippen molar-refractivity contribution in [3.63, 3.8) is 0 Å². The highest BCUT2D eigenvalue weighted by Crippen LogP contribution is 2.19. The Morgan fingerprint density at radius 1 is 1.27 bits per heavy atom. The van der Waals surface area contributed by atoms with Crippen LogP contribution in [-0.4, -0.2) is 37.1 Å². The molecule has 1 aliphatic heterocycles. The third-order valence-corrected chi connectivity index (χ3v) is 4.61. The summed E-state index contributed by atoms with van der Waals surface area (Å²) in [6, 6.07) is 8.19. The number of anilines is 2. The van der Waals surface area contributed by atoms with Gasteiger partial charge in [0.25, 0.3) is 0 Å². The molecule has 8 heteroatoms. The Morgan fingerprint density at radius 2 is 2.12 bits per heavy atom. The van der Waals surface area contributed by atoms with Crippen LogP contribution in [-0.2, 0) is 24.9 Å². The van der Waals surface area contributed by atoms with Crippen LogP contribution in [0, 0.1) is 0 Å². The SMILES string of the molecule is Cn1ncc2c(N)nc(NCc3cccc(CN4CCCC4=O)c3)nc21. The van der Waals surface area contributed by atoms with Crippen molar-refractivity contribution in [2.24, 2.45) is 7.05 Å². The average Bonchev–Trinajstić information content (AvgIpc) is 3.20. The first-order valence-electron chi connectivity index (χ1n) is 8.65. The third kappa shape index (κ3) is 3.17. The molecule has 2 aromatic heterocycles. The van der Waals surface area contributed by atoms with Crippen LogP contribution >= 0.6 is 0 Å². The van der Waals surface area contributed by atoms with Crippen molar-refractivity contribution in [1.29, 1.82) is 0 Å². The van der Waals surface area contributed by atoms with Crippen LogP contribution in [0.5, 0.6) is 0 Å². The Balaban J connectivity index is 1.47. The Bertz CT molecular complexity index is 965. The van der Waals surface area contributed by atoms with Crippen LogP contribution in [0.15, 0.2) is 30.5 Å². The van der Waals surface area contributed by atoms with E-state index in [2.05, 4.69) is 26.4 Å². The molecule has 0 aliphatic carbocycles. The lowest BCUT2D eigenvalue weighted by Crippen LogP contribution is -2.23. The standard InChI is InChI=1S/C18H21N7O/c1-24-17-14(10-21-24)16(19)22-18(23-17)20-9-12-4-2-5-13(8-12)11-25-7-3-6-15(25)26/h2,4-5,8,10H,3,6-7,9,11H2,1H3,(H3,19,20,22,23). The maximum absolute atomic E-state index is 11.8. The van der Waals surface area contributed by atoms with Crippen LogP contribution in [0.25, 0.3) is 11.0 Å². The van der Waals surface area contributed by atoms with Gasteiger partial charge in [0.15, 0.2) is 5.65 Å². The van der Waals surface area contributed by atoms with Crippen LogP contribution in [0.4, 0.5) is 11.8 Å². The zero-order valence-electron chi connectivity index (χ0n) is 14.6. The number of nitrogens with one attached hydrogen (secondary N) is 1. The van der Waals surface area contributed by atoms with Crippen molar-refractivity contribution in [1.82, 2.24) is 24.6 Å². The quantitative estimate of drug-likeness (QED) is 0.725. The molecule has 8 nitrogen and oxygen atoms in total. The number of carbonyl (C=O) groups is 1. The lowest BCUT2D eigenvalue weighted by atomic mass is 10.1. The van der Waals surface area contributed by atoms with Crippen LogP contribution in [0.2, 0.25) is 0 Å². The Hall–Kier alpha value is -3.16. The Labute approximate surface area is 151 Å². The number of likely N-dealkylation sites (tertiary alicyclic amines) is 1. The van der Waals surface area contributed by atoms with Crippen molar-refractivity contribution < 1.29 is 4.79 Å². The van der Waals surface area contributed by atoms with Gasteiger partial charge in [0.1, 0.15) is 5.82 Å². The zero-order chi connectivity index (χ0) is 18.1. The first-order valence-corrected chi connectivity index (χ1v) is 8.65. The van der Waals surface area contributed by atoms with Gasteiger partial charge < -0.3 is 16.0 Å². The summed E-state index contributed by atoms with van der Waals surface area (Å²) < 4.78 is 1.67. The molecule has 1 saturated heterocycles. The van der Waals surface area contributed by atoms with Gasteiger partial charge in [-0.05, 0) is 17.5 Å². The molecule has 3 aromatic rings. The number of nitrogen functional groups attached to an aromatic ring is 1. The first kappa shape index (κ1) is 16.3. The van der Waals surface area contributed by atoms with E-state index in [1.807, 2.05) is 30.1 Å². The second-order valence-corrected chi connectivity index (χ2v) is 6.53. The van der Waals surface area contributed by atoms with E-state index in [0.717, 1.165) is 29.5 Å². The number of nitrogens with zero attached hydrogens (tertiary/aromatic N) is 5. The van der Waals surface area contributed by atoms with Crippen molar-refractivity contribution in [3.05, 3.63) is 41.6 Å². The lowest BCUT2D eigenvalue weighted by molar-refractivity contribution is -0.128. The second-order valence-electron chi connectivity index (χ2n) is 6.53. The molecular formula is C18H21N7O. The van der Waals surface area contributed by atoms with Gasteiger partial charge >= 0.3 is 0 Å². The number of benzene rings is 1. The predicted molar refractivity (Wildman–Crippen MR) is 99.1 cm³/mol. The molecule has 1 fully saturated rings. The van der Waals surface area contributed by atoms with Crippen molar-refractivity contribution in [2.75, 3.05) is 17.6 Å². The summed E-state index contributed by atoms with van der Waals surface area (Å²) in [6.07, 6.45) is 3.28. The highest BCUT2D eigenvalue weighted by atomic mass is 16.2. The summed E-state index contributed by atoms with van der Waals surface area (Å²) in [5, 5.41) is 8.12. The molecule has 134 valence electrons. The largest absolute Gasteiger partial charge is 0.383 e. The van der Waals surface area contributed by atoms with Crippen molar-refractivity contribution in [2.45, 2.75) is 25.9 Å². The van der Waals surface area contributed by atoms with Gasteiger partial charge in [-0.25, -0.2) is 0 Å². The number of hydrogen-bond donors (Lipinski definition) is 2. The minimum absolute atomic E-state index is 0.238. The molecule has 1 aliphatic rings. The summed E-state index contributed by atoms with van der Waals surface area (Å²) >= 11 is 0. The van der Waals surface area contributed by atoms with Gasteiger partial charge in [-0.15, -0.1) is 0 Å². The molecule has 1 amide bonds. The summed E-state index contributed by atoms with van der Waals surface area (Å²) in [5.74, 6) is 1.12. The number of hydrogen-bond acceptors (Lipinski definition) is 6. The molecule has 0 bridgehead atoms. The topological polar surface area (TPSA) is 102 Å². The van der Waals surface area contributed by atoms with Crippen molar-refractivity contribution >= 4 is 28.7 Å². The van der Waals surface area contributed by atoms with E-state index in [4.69, 9.17) is 5.73 Å². The molecule has 0 spiro atoms. The van der Waals surface area contributed by atoms with E-state index in [9.17, 15) is 4.79 Å². The molecule has 1 aromatic carbocycles. The summed E-state index contributed by atoms with van der Waals surface area (Å²) in [5.41, 5.74) is 8.91. The fourth-order valence-electron chi connectivity index (χ4n) is 3.23. The minimum atomic E-state index is 0.238. The van der Waals surface area contributed by atoms with Crippen LogP contribution in [0.1, 0.15) is 24.0 Å². The third-order valence-electron chi connectivity index (χ3n) is 4.61. The zero-order valence-corrected chi connectivity index (χ0v) is 14.6. The summed E-state index contributed by atoms with van der Waals surface area (Å²) in [7, 11) is 1.82. The average molecular weight is 351 g/mol. The van der Waals surface area contributed by atoms with E-state index in [0.29, 0.717) is 36.9 Å². The summed E-state index contributed by atoms with van der Waals surface area (Å²) in [4.78, 5) is 22.5. The summed E-state index contributed by atoms with van der Waals surface area (Å²) in [6.45, 7) is 2.08. The molecule has 0 atom stereocenters. The number of aromatic nitrogens is 4. The van der Waals surface area contributed by atoms with Gasteiger partial charge in [-0.3, -0.25) is 9.48 Å². The number of amides is 1. The molecule has 0 saturated carbocycles. The van der Waals surface area contributed by atoms with E-state index in [1.54, 1.807) is 10.9 Å². The molecule has 0 radical (unpaired) electrons. The fraction of sp³-hybridized carbons (Fsp3) is 0.333. The molecule has 3 heterocycles. The highest BCUT2D eigenvalue weighted by molar-refractivity contribution is 5.86. The van der Waals surface area contributed by atoms with E-state index in [-0.39, 0.29) is 5.91 Å². The Morgan fingerprint density at radius 3 is 2.92 bits per heavy atom. The maximum atomic E-state index is 11.8. The van der Waals surface area contributed by atoms with E-state index >= 15 is 0 Å². The van der Waals surface area contributed by atoms with Crippen molar-refractivity contribution in [3.8, 4) is 0 Å². The number of rotatable bonds is 5. The van der Waals surface area contributed by atoms with Gasteiger partial charge in [0, 0.05) is 33.1 Å². The molecule has 4 rings (SSSR count). The maximum Gasteiger partial charge on any atom is 0.226 e. The van der Waals surface area contributed by atoms with Gasteiger partial charge in [0.2, 0.25) is 11.9 Å². The molecule has 0 unspecified atom stereocenters. The van der Waals surface area contributed by atoms with E-state index < -0.39 is 0 Å². The normalized spacial score (nSPS) is 14.3. The predicted octanol–water partition coefficient (Wildman–Crippen LogP) is 1.68. The first-order chi connectivity index (χ1) is 12.6. The molecule has 3 N–H and O–H groups in total. The highest BCUT2D eigenvalue weighted by Gasteiger charge is 2.19. The van der Waals surface area contributed by atoms with Crippen LogP contribution in [0.3, 0.4) is 0 Å². The number of carbonyl (C=O) groups excluding carboxylic acids is 1. The van der Waals surface area contributed by atoms with Gasteiger partial charge in [-0.2, -0.15) is 15.1 Å². The van der Waals surface area contributed by atoms with Gasteiger partial charge in [-0.1, -0.05) is 24.3 Å². The number of fused-ring (bicyclic) bond motifs is 1.